The van der Waals surface area contributed by atoms with E-state index in [1.807, 2.05) is 24.4 Å². The maximum atomic E-state index is 12.5. The molecule has 1 amide bonds. The smallest absolute Gasteiger partial charge is 0.315 e. The molecule has 0 aliphatic rings. The molecule has 0 fully saturated rings. The Hall–Kier alpha value is -2.32. The van der Waals surface area contributed by atoms with E-state index in [-0.39, 0.29) is 23.6 Å². The van der Waals surface area contributed by atoms with Gasteiger partial charge in [0.05, 0.1) is 39.8 Å². The van der Waals surface area contributed by atoms with Crippen molar-refractivity contribution in [2.45, 2.75) is 13.5 Å². The second-order valence-electron chi connectivity index (χ2n) is 5.97. The van der Waals surface area contributed by atoms with E-state index in [1.54, 1.807) is 34.2 Å². The predicted octanol–water partition coefficient (Wildman–Crippen LogP) is 2.23. The number of imidazole rings is 1. The second kappa shape index (κ2) is 7.25. The van der Waals surface area contributed by atoms with Crippen LogP contribution in [0.4, 0.5) is 5.13 Å². The van der Waals surface area contributed by atoms with Gasteiger partial charge in [-0.2, -0.15) is 2.78 Å². The van der Waals surface area contributed by atoms with Crippen LogP contribution in [-0.4, -0.2) is 27.8 Å². The van der Waals surface area contributed by atoms with Crippen LogP contribution in [0.25, 0.3) is 21.7 Å². The van der Waals surface area contributed by atoms with Gasteiger partial charge in [-0.1, -0.05) is 0 Å². The lowest BCUT2D eigenvalue weighted by molar-refractivity contribution is -0.116. The maximum Gasteiger partial charge on any atom is 0.341 e. The highest BCUT2D eigenvalue weighted by Crippen LogP contribution is 2.30. The molecule has 0 saturated heterocycles. The second-order valence-corrected chi connectivity index (χ2v) is 9.08. The summed E-state index contributed by atoms with van der Waals surface area (Å²) in [5.41, 5.74) is 0.260. The van der Waals surface area contributed by atoms with Gasteiger partial charge >= 0.3 is 5.69 Å². The number of hydrogen-bond donors (Lipinski definition) is 1. The third-order valence-corrected chi connectivity index (χ3v) is 6.66. The van der Waals surface area contributed by atoms with E-state index in [0.29, 0.717) is 5.13 Å². The molecular weight excluding hydrogens is 515 g/mol. The lowest BCUT2D eigenvalue weighted by Crippen LogP contribution is -2.35. The predicted molar refractivity (Wildman–Crippen MR) is 117 cm³/mol. The summed E-state index contributed by atoms with van der Waals surface area (Å²) >= 11 is 4.61. The molecule has 0 bridgehead atoms. The Kier molecular flexibility index (Phi) is 4.93. The Morgan fingerprint density at radius 1 is 1.32 bits per heavy atom. The highest BCUT2D eigenvalue weighted by molar-refractivity contribution is 14.1. The van der Waals surface area contributed by atoms with Gasteiger partial charge in [0.1, 0.15) is 6.54 Å². The van der Waals surface area contributed by atoms with E-state index < -0.39 is 11.2 Å². The van der Waals surface area contributed by atoms with Crippen LogP contribution in [0, 0.1) is 6.92 Å². The van der Waals surface area contributed by atoms with Crippen LogP contribution in [0.5, 0.6) is 0 Å². The molecule has 0 radical (unpaired) electrons. The largest absolute Gasteiger partial charge is 0.341 e. The molecule has 12 heteroatoms. The molecule has 1 N–H and O–H groups in total. The van der Waals surface area contributed by atoms with Gasteiger partial charge in [-0.25, -0.2) is 14.8 Å². The normalized spacial score (nSPS) is 11.2. The fourth-order valence-electron chi connectivity index (χ4n) is 2.69. The standard InChI is InChI=1S/C16H13IN6O3S2/c1-8-3-4-10(28-8)9-6-27-15(19-9)20-11(24)5-22-7-18-13-12(22)14(25)23(17)16(26)21(13)2/h3-4,6-7H,5H2,1-2H3,(H,19,20,24). The van der Waals surface area contributed by atoms with Crippen LogP contribution in [0.15, 0.2) is 33.4 Å². The topological polar surface area (TPSA) is 104 Å². The number of thiophene rings is 1. The summed E-state index contributed by atoms with van der Waals surface area (Å²) in [5, 5.41) is 5.11. The van der Waals surface area contributed by atoms with E-state index in [9.17, 15) is 14.4 Å². The van der Waals surface area contributed by atoms with Crippen molar-refractivity contribution >= 4 is 67.7 Å². The first-order chi connectivity index (χ1) is 13.3. The number of thiazole rings is 1. The van der Waals surface area contributed by atoms with Gasteiger partial charge < -0.3 is 9.88 Å². The van der Waals surface area contributed by atoms with E-state index in [2.05, 4.69) is 15.3 Å². The van der Waals surface area contributed by atoms with E-state index in [0.717, 1.165) is 13.4 Å². The van der Waals surface area contributed by atoms with Crippen molar-refractivity contribution in [3.05, 3.63) is 49.6 Å². The number of halogens is 1. The van der Waals surface area contributed by atoms with Crippen molar-refractivity contribution in [3.63, 3.8) is 0 Å². The van der Waals surface area contributed by atoms with Gasteiger partial charge in [-0.15, -0.1) is 22.7 Å². The van der Waals surface area contributed by atoms with E-state index >= 15 is 0 Å². The number of fused-ring (bicyclic) bond motifs is 1. The average Bonchev–Trinajstić information content (AvgIpc) is 3.38. The van der Waals surface area contributed by atoms with Crippen molar-refractivity contribution < 1.29 is 4.79 Å². The first kappa shape index (κ1) is 19.0. The van der Waals surface area contributed by atoms with Crippen molar-refractivity contribution in [1.29, 1.82) is 0 Å². The Bertz CT molecular complexity index is 1330. The summed E-state index contributed by atoms with van der Waals surface area (Å²) in [7, 11) is 1.53. The minimum absolute atomic E-state index is 0.117. The summed E-state index contributed by atoms with van der Waals surface area (Å²) in [4.78, 5) is 47.6. The third-order valence-electron chi connectivity index (χ3n) is 4.03. The summed E-state index contributed by atoms with van der Waals surface area (Å²) in [6.07, 6.45) is 1.38. The number of amides is 1. The zero-order chi connectivity index (χ0) is 20.0. The average molecular weight is 528 g/mol. The fourth-order valence-corrected chi connectivity index (χ4v) is 4.87. The number of nitrogens with one attached hydrogen (secondary N) is 1. The van der Waals surface area contributed by atoms with Gasteiger partial charge in [0.25, 0.3) is 5.56 Å². The molecule has 0 unspecified atom stereocenters. The number of rotatable bonds is 4. The molecule has 4 aromatic rings. The Morgan fingerprint density at radius 3 is 2.82 bits per heavy atom. The summed E-state index contributed by atoms with van der Waals surface area (Å²) in [6.45, 7) is 1.91. The Labute approximate surface area is 179 Å². The zero-order valence-corrected chi connectivity index (χ0v) is 18.5. The minimum Gasteiger partial charge on any atom is -0.315 e. The Morgan fingerprint density at radius 2 is 2.11 bits per heavy atom. The summed E-state index contributed by atoms with van der Waals surface area (Å²) < 4.78 is 3.67. The number of carbonyl (C=O) groups is 1. The quantitative estimate of drug-likeness (QED) is 0.410. The first-order valence-corrected chi connectivity index (χ1v) is 10.7. The summed E-state index contributed by atoms with van der Waals surface area (Å²) in [6, 6.07) is 4.02. The lowest BCUT2D eigenvalue weighted by atomic mass is 10.4. The molecule has 0 aromatic carbocycles. The van der Waals surface area contributed by atoms with Crippen molar-refractivity contribution in [2.24, 2.45) is 7.05 Å². The molecule has 0 aliphatic heterocycles. The van der Waals surface area contributed by atoms with Crippen molar-refractivity contribution in [2.75, 3.05) is 5.32 Å². The van der Waals surface area contributed by atoms with Crippen LogP contribution in [0.1, 0.15) is 4.88 Å². The summed E-state index contributed by atoms with van der Waals surface area (Å²) in [5.74, 6) is -0.337. The molecular formula is C16H13IN6O3S2. The minimum atomic E-state index is -0.506. The SMILES string of the molecule is Cc1ccc(-c2csc(NC(=O)Cn3cnc4c3c(=O)n(I)c(=O)n4C)n2)s1. The number of nitrogens with zero attached hydrogens (tertiary/aromatic N) is 5. The molecule has 4 rings (SSSR count). The van der Waals surface area contributed by atoms with Crippen LogP contribution in [0.3, 0.4) is 0 Å². The number of carbonyl (C=O) groups excluding carboxylic acids is 1. The monoisotopic (exact) mass is 528 g/mol. The molecule has 0 atom stereocenters. The molecule has 0 aliphatic carbocycles. The van der Waals surface area contributed by atoms with E-state index in [4.69, 9.17) is 0 Å². The van der Waals surface area contributed by atoms with Crippen molar-refractivity contribution in [1.82, 2.24) is 21.9 Å². The van der Waals surface area contributed by atoms with Gasteiger partial charge in [0, 0.05) is 17.3 Å². The number of aromatic nitrogens is 5. The fraction of sp³-hybridized carbons (Fsp3) is 0.188. The zero-order valence-electron chi connectivity index (χ0n) is 14.7. The molecule has 0 spiro atoms. The number of hydrogen-bond acceptors (Lipinski definition) is 7. The van der Waals surface area contributed by atoms with Crippen LogP contribution in [0.2, 0.25) is 0 Å². The van der Waals surface area contributed by atoms with E-state index in [1.165, 1.54) is 38.7 Å². The molecule has 0 saturated carbocycles. The third kappa shape index (κ3) is 3.31. The molecule has 144 valence electrons. The highest BCUT2D eigenvalue weighted by Gasteiger charge is 2.17. The number of anilines is 1. The molecule has 4 heterocycles. The van der Waals surface area contributed by atoms with Gasteiger partial charge in [-0.3, -0.25) is 14.2 Å². The van der Waals surface area contributed by atoms with Gasteiger partial charge in [0.15, 0.2) is 16.3 Å². The van der Waals surface area contributed by atoms with Crippen molar-refractivity contribution in [3.8, 4) is 10.6 Å². The van der Waals surface area contributed by atoms with Gasteiger partial charge in [-0.05, 0) is 19.1 Å². The molecule has 28 heavy (non-hydrogen) atoms. The lowest BCUT2D eigenvalue weighted by Gasteiger charge is -2.05. The van der Waals surface area contributed by atoms with Crippen LogP contribution < -0.4 is 16.6 Å². The first-order valence-electron chi connectivity index (χ1n) is 8.00. The Balaban J connectivity index is 1.57. The molecule has 4 aromatic heterocycles. The van der Waals surface area contributed by atoms with Crippen LogP contribution >= 0.6 is 45.5 Å². The van der Waals surface area contributed by atoms with Gasteiger partial charge in [0.2, 0.25) is 5.91 Å². The maximum absolute atomic E-state index is 12.5. The van der Waals surface area contributed by atoms with Crippen LogP contribution in [-0.2, 0) is 18.4 Å². The highest BCUT2D eigenvalue weighted by atomic mass is 127. The molecule has 9 nitrogen and oxygen atoms in total. The number of aryl methyl sites for hydroxylation is 2.